The van der Waals surface area contributed by atoms with Crippen molar-refractivity contribution >= 4 is 21.8 Å². The molecule has 1 saturated carbocycles. The number of rotatable bonds is 5. The first-order valence-corrected chi connectivity index (χ1v) is 8.66. The van der Waals surface area contributed by atoms with Crippen LogP contribution in [0.1, 0.15) is 25.7 Å². The topological polar surface area (TPSA) is 71.5 Å². The molecule has 0 aliphatic heterocycles. The van der Waals surface area contributed by atoms with Crippen molar-refractivity contribution in [3.8, 4) is 5.88 Å². The molecule has 1 fully saturated rings. The Morgan fingerprint density at radius 3 is 2.48 bits per heavy atom. The summed E-state index contributed by atoms with van der Waals surface area (Å²) in [5, 5.41) is 0.573. The molecule has 0 spiro atoms. The predicted molar refractivity (Wildman–Crippen MR) is 81.7 cm³/mol. The van der Waals surface area contributed by atoms with Crippen LogP contribution in [0.4, 0.5) is 0 Å². The molecule has 1 aromatic rings. The van der Waals surface area contributed by atoms with Gasteiger partial charge in [0.25, 0.3) is 10.2 Å². The number of pyridine rings is 1. The number of nitrogens with one attached hydrogen (secondary N) is 1. The fourth-order valence-corrected chi connectivity index (χ4v) is 3.20. The van der Waals surface area contributed by atoms with Gasteiger partial charge in [0.2, 0.25) is 5.88 Å². The molecular weight excluding hydrogens is 314 g/mol. The van der Waals surface area contributed by atoms with E-state index in [4.69, 9.17) is 16.3 Å². The molecule has 0 bridgehead atoms. The summed E-state index contributed by atoms with van der Waals surface area (Å²) in [6, 6.07) is 3.44. The maximum absolute atomic E-state index is 11.8. The minimum Gasteiger partial charge on any atom is -0.474 e. The zero-order chi connectivity index (χ0) is 15.5. The molecule has 0 amide bonds. The number of hydrogen-bond acceptors (Lipinski definition) is 4. The summed E-state index contributed by atoms with van der Waals surface area (Å²) in [5.41, 5.74) is 0. The summed E-state index contributed by atoms with van der Waals surface area (Å²) in [6.07, 6.45) is 4.72. The summed E-state index contributed by atoms with van der Waals surface area (Å²) in [5.74, 6) is 0.553. The molecule has 0 radical (unpaired) electrons. The summed E-state index contributed by atoms with van der Waals surface area (Å²) >= 11 is 5.77. The van der Waals surface area contributed by atoms with E-state index in [9.17, 15) is 8.42 Å². The molecule has 1 aliphatic carbocycles. The van der Waals surface area contributed by atoms with E-state index in [-0.39, 0.29) is 12.1 Å². The van der Waals surface area contributed by atoms with Crippen molar-refractivity contribution in [3.63, 3.8) is 0 Å². The van der Waals surface area contributed by atoms with E-state index in [1.54, 1.807) is 18.3 Å². The Bertz CT molecular complexity index is 555. The van der Waals surface area contributed by atoms with Crippen LogP contribution in [-0.2, 0) is 10.2 Å². The summed E-state index contributed by atoms with van der Waals surface area (Å²) in [6.45, 7) is 0. The fourth-order valence-electron chi connectivity index (χ4n) is 2.22. The van der Waals surface area contributed by atoms with Crippen molar-refractivity contribution in [1.82, 2.24) is 14.0 Å². The van der Waals surface area contributed by atoms with Crippen LogP contribution in [0.15, 0.2) is 18.3 Å². The Kier molecular flexibility index (Phi) is 5.43. The quantitative estimate of drug-likeness (QED) is 0.892. The number of halogens is 1. The molecule has 2 rings (SSSR count). The van der Waals surface area contributed by atoms with Crippen molar-refractivity contribution in [2.24, 2.45) is 0 Å². The van der Waals surface area contributed by atoms with E-state index in [1.165, 1.54) is 18.4 Å². The van der Waals surface area contributed by atoms with Crippen molar-refractivity contribution in [1.29, 1.82) is 0 Å². The van der Waals surface area contributed by atoms with Crippen LogP contribution in [0.5, 0.6) is 5.88 Å². The van der Waals surface area contributed by atoms with Crippen LogP contribution >= 0.6 is 11.6 Å². The molecule has 8 heteroatoms. The summed E-state index contributed by atoms with van der Waals surface area (Å²) in [4.78, 5) is 4.10. The van der Waals surface area contributed by atoms with E-state index in [2.05, 4.69) is 9.71 Å². The van der Waals surface area contributed by atoms with E-state index in [0.29, 0.717) is 10.9 Å². The Balaban J connectivity index is 1.82. The van der Waals surface area contributed by atoms with Crippen LogP contribution in [0, 0.1) is 0 Å². The van der Waals surface area contributed by atoms with Gasteiger partial charge in [-0.25, -0.2) is 4.98 Å². The zero-order valence-corrected chi connectivity index (χ0v) is 13.7. The molecule has 0 saturated heterocycles. The summed E-state index contributed by atoms with van der Waals surface area (Å²) < 4.78 is 33.2. The number of aromatic nitrogens is 1. The number of ether oxygens (including phenoxy) is 1. The van der Waals surface area contributed by atoms with Crippen LogP contribution in [0.3, 0.4) is 0 Å². The molecule has 118 valence electrons. The SMILES string of the molecule is CN(C)S(=O)(=O)NC1CCC(Oc2ccc(Cl)cn2)CC1. The maximum atomic E-state index is 11.8. The highest BCUT2D eigenvalue weighted by molar-refractivity contribution is 7.87. The van der Waals surface area contributed by atoms with Gasteiger partial charge in [0.15, 0.2) is 0 Å². The van der Waals surface area contributed by atoms with E-state index in [1.807, 2.05) is 0 Å². The van der Waals surface area contributed by atoms with Gasteiger partial charge < -0.3 is 4.74 Å². The van der Waals surface area contributed by atoms with E-state index >= 15 is 0 Å². The standard InChI is InChI=1S/C13H20ClN3O3S/c1-17(2)21(18,19)16-11-4-6-12(7-5-11)20-13-8-3-10(14)9-15-13/h3,8-9,11-12,16H,4-7H2,1-2H3. The predicted octanol–water partition coefficient (Wildman–Crippen LogP) is 1.82. The molecule has 0 aromatic carbocycles. The normalized spacial score (nSPS) is 23.2. The van der Waals surface area contributed by atoms with Crippen LogP contribution in [-0.4, -0.2) is 43.9 Å². The van der Waals surface area contributed by atoms with Crippen LogP contribution in [0.2, 0.25) is 5.02 Å². The average Bonchev–Trinajstić information content (AvgIpc) is 2.43. The van der Waals surface area contributed by atoms with Gasteiger partial charge >= 0.3 is 0 Å². The lowest BCUT2D eigenvalue weighted by atomic mass is 9.94. The van der Waals surface area contributed by atoms with Gasteiger partial charge in [0, 0.05) is 32.4 Å². The summed E-state index contributed by atoms with van der Waals surface area (Å²) in [7, 11) is -0.329. The minimum absolute atomic E-state index is 0.0320. The van der Waals surface area contributed by atoms with Crippen LogP contribution in [0.25, 0.3) is 0 Å². The molecule has 1 N–H and O–H groups in total. The third-order valence-electron chi connectivity index (χ3n) is 3.46. The van der Waals surface area contributed by atoms with Crippen molar-refractivity contribution < 1.29 is 13.2 Å². The van der Waals surface area contributed by atoms with Crippen LogP contribution < -0.4 is 9.46 Å². The molecular formula is C13H20ClN3O3S. The third kappa shape index (κ3) is 4.81. The van der Waals surface area contributed by atoms with Gasteiger partial charge in [-0.05, 0) is 31.7 Å². The van der Waals surface area contributed by atoms with Gasteiger partial charge in [-0.1, -0.05) is 11.6 Å². The monoisotopic (exact) mass is 333 g/mol. The fraction of sp³-hybridized carbons (Fsp3) is 0.615. The molecule has 0 atom stereocenters. The lowest BCUT2D eigenvalue weighted by Gasteiger charge is -2.29. The third-order valence-corrected chi connectivity index (χ3v) is 5.27. The lowest BCUT2D eigenvalue weighted by Crippen LogP contribution is -2.44. The highest BCUT2D eigenvalue weighted by Gasteiger charge is 2.26. The molecule has 21 heavy (non-hydrogen) atoms. The molecule has 1 heterocycles. The van der Waals surface area contributed by atoms with Crippen molar-refractivity contribution in [2.75, 3.05) is 14.1 Å². The Hall–Kier alpha value is -0.890. The largest absolute Gasteiger partial charge is 0.474 e. The van der Waals surface area contributed by atoms with Gasteiger partial charge in [-0.2, -0.15) is 17.4 Å². The number of nitrogens with zero attached hydrogens (tertiary/aromatic N) is 2. The van der Waals surface area contributed by atoms with Gasteiger partial charge in [0.1, 0.15) is 6.10 Å². The van der Waals surface area contributed by atoms with Crippen molar-refractivity contribution in [2.45, 2.75) is 37.8 Å². The lowest BCUT2D eigenvalue weighted by molar-refractivity contribution is 0.138. The Morgan fingerprint density at radius 2 is 1.95 bits per heavy atom. The van der Waals surface area contributed by atoms with Gasteiger partial charge in [-0.3, -0.25) is 0 Å². The average molecular weight is 334 g/mol. The second kappa shape index (κ2) is 6.91. The Morgan fingerprint density at radius 1 is 1.29 bits per heavy atom. The minimum atomic E-state index is -3.36. The second-order valence-electron chi connectivity index (χ2n) is 5.31. The van der Waals surface area contributed by atoms with E-state index in [0.717, 1.165) is 25.7 Å². The molecule has 0 unspecified atom stereocenters. The maximum Gasteiger partial charge on any atom is 0.279 e. The molecule has 1 aliphatic rings. The van der Waals surface area contributed by atoms with Gasteiger partial charge in [0.05, 0.1) is 5.02 Å². The Labute approximate surface area is 130 Å². The number of hydrogen-bond donors (Lipinski definition) is 1. The highest BCUT2D eigenvalue weighted by Crippen LogP contribution is 2.24. The molecule has 1 aromatic heterocycles. The molecule has 6 nitrogen and oxygen atoms in total. The zero-order valence-electron chi connectivity index (χ0n) is 12.1. The van der Waals surface area contributed by atoms with Gasteiger partial charge in [-0.15, -0.1) is 0 Å². The first kappa shape index (κ1) is 16.5. The van der Waals surface area contributed by atoms with E-state index < -0.39 is 10.2 Å². The first-order chi connectivity index (χ1) is 9.87. The highest BCUT2D eigenvalue weighted by atomic mass is 35.5. The smallest absolute Gasteiger partial charge is 0.279 e. The first-order valence-electron chi connectivity index (χ1n) is 6.85. The second-order valence-corrected chi connectivity index (χ2v) is 7.66. The van der Waals surface area contributed by atoms with Crippen molar-refractivity contribution in [3.05, 3.63) is 23.4 Å².